The molecule has 0 spiro atoms. The monoisotopic (exact) mass is 378 g/mol. The summed E-state index contributed by atoms with van der Waals surface area (Å²) in [6, 6.07) is 7.62. The van der Waals surface area contributed by atoms with Crippen molar-refractivity contribution in [2.24, 2.45) is 23.7 Å². The molecule has 28 heavy (non-hydrogen) atoms. The summed E-state index contributed by atoms with van der Waals surface area (Å²) < 4.78 is 4.76. The van der Waals surface area contributed by atoms with E-state index in [1.165, 1.54) is 29.2 Å². The summed E-state index contributed by atoms with van der Waals surface area (Å²) in [6.45, 7) is 1.68. The topological polar surface area (TPSA) is 108 Å². The molecule has 1 aromatic carbocycles. The van der Waals surface area contributed by atoms with Crippen LogP contribution >= 0.6 is 0 Å². The number of nitriles is 1. The Kier molecular flexibility index (Phi) is 4.27. The normalized spacial score (nSPS) is 28.2. The van der Waals surface area contributed by atoms with Crippen LogP contribution in [-0.2, 0) is 19.1 Å². The molecule has 4 rings (SSSR count). The first-order valence-electron chi connectivity index (χ1n) is 9.15. The number of hydrogen-bond acceptors (Lipinski definition) is 6. The number of esters is 1. The highest BCUT2D eigenvalue weighted by Gasteiger charge is 2.59. The fourth-order valence-electron chi connectivity index (χ4n) is 4.47. The molecule has 1 heterocycles. The highest BCUT2D eigenvalue weighted by Crippen LogP contribution is 2.53. The average molecular weight is 378 g/mol. The minimum Gasteiger partial charge on any atom is -0.506 e. The molecule has 1 N–H and O–H groups in total. The standard InChI is InChI=1S/C21H18N2O5/c1-2-28-21(27)15(10-22)18(24)11-5-7-14(8-6-11)23-19(25)16-12-3-4-13(9-12)17(16)20(23)26/h3-8,12-13,16-17,24H,2,9H2,1H3/b18-15-/t12-,13-,16-,17-/m0/s1. The number of amides is 2. The summed E-state index contributed by atoms with van der Waals surface area (Å²) in [6.07, 6.45) is 4.93. The molecule has 2 amide bonds. The number of rotatable bonds is 4. The Morgan fingerprint density at radius 2 is 1.75 bits per heavy atom. The molecule has 0 unspecified atom stereocenters. The molecule has 3 aliphatic rings. The number of carbonyl (C=O) groups excluding carboxylic acids is 3. The summed E-state index contributed by atoms with van der Waals surface area (Å²) in [5.74, 6) is -2.12. The minimum atomic E-state index is -0.910. The van der Waals surface area contributed by atoms with Crippen molar-refractivity contribution < 1.29 is 24.2 Å². The van der Waals surface area contributed by atoms with E-state index in [0.29, 0.717) is 5.69 Å². The summed E-state index contributed by atoms with van der Waals surface area (Å²) in [4.78, 5) is 38.6. The van der Waals surface area contributed by atoms with Crippen LogP contribution in [0.5, 0.6) is 0 Å². The Hall–Kier alpha value is -3.40. The lowest BCUT2D eigenvalue weighted by Crippen LogP contribution is -2.32. The van der Waals surface area contributed by atoms with Gasteiger partial charge in [-0.1, -0.05) is 12.2 Å². The van der Waals surface area contributed by atoms with E-state index < -0.39 is 17.3 Å². The van der Waals surface area contributed by atoms with Gasteiger partial charge < -0.3 is 9.84 Å². The van der Waals surface area contributed by atoms with Gasteiger partial charge in [0.05, 0.1) is 24.1 Å². The van der Waals surface area contributed by atoms with Crippen molar-refractivity contribution in [2.75, 3.05) is 11.5 Å². The average Bonchev–Trinajstić information content (AvgIpc) is 3.36. The van der Waals surface area contributed by atoms with Gasteiger partial charge in [0.15, 0.2) is 5.57 Å². The number of hydrogen-bond donors (Lipinski definition) is 1. The second-order valence-electron chi connectivity index (χ2n) is 7.11. The highest BCUT2D eigenvalue weighted by atomic mass is 16.5. The first kappa shape index (κ1) is 18.0. The molecule has 2 aliphatic carbocycles. The van der Waals surface area contributed by atoms with Crippen LogP contribution in [0.25, 0.3) is 5.76 Å². The fourth-order valence-corrected chi connectivity index (χ4v) is 4.47. The number of nitrogens with zero attached hydrogens (tertiary/aromatic N) is 2. The smallest absolute Gasteiger partial charge is 0.352 e. The van der Waals surface area contributed by atoms with Gasteiger partial charge in [-0.15, -0.1) is 0 Å². The van der Waals surface area contributed by atoms with Gasteiger partial charge in [-0.3, -0.25) is 14.5 Å². The highest BCUT2D eigenvalue weighted by molar-refractivity contribution is 6.22. The number of imide groups is 1. The second-order valence-corrected chi connectivity index (χ2v) is 7.11. The zero-order chi connectivity index (χ0) is 20.0. The number of allylic oxidation sites excluding steroid dienone is 2. The van der Waals surface area contributed by atoms with Crippen molar-refractivity contribution in [3.05, 3.63) is 47.6 Å². The van der Waals surface area contributed by atoms with E-state index in [1.807, 2.05) is 12.2 Å². The van der Waals surface area contributed by atoms with Crippen molar-refractivity contribution in [3.8, 4) is 6.07 Å². The van der Waals surface area contributed by atoms with E-state index in [-0.39, 0.29) is 47.7 Å². The maximum atomic E-state index is 12.8. The second kappa shape index (κ2) is 6.64. The molecule has 0 radical (unpaired) electrons. The molecular formula is C21H18N2O5. The van der Waals surface area contributed by atoms with Crippen LogP contribution in [0.15, 0.2) is 42.0 Å². The molecule has 1 saturated carbocycles. The predicted molar refractivity (Wildman–Crippen MR) is 98.4 cm³/mol. The third-order valence-corrected chi connectivity index (χ3v) is 5.70. The van der Waals surface area contributed by atoms with E-state index in [4.69, 9.17) is 10.00 Å². The van der Waals surface area contributed by atoms with Gasteiger partial charge in [0, 0.05) is 5.56 Å². The van der Waals surface area contributed by atoms with Gasteiger partial charge >= 0.3 is 5.97 Å². The van der Waals surface area contributed by atoms with Gasteiger partial charge in [0.25, 0.3) is 0 Å². The van der Waals surface area contributed by atoms with Gasteiger partial charge in [0.1, 0.15) is 11.8 Å². The molecule has 1 aromatic rings. The minimum absolute atomic E-state index is 0.0780. The number of benzene rings is 1. The molecule has 4 atom stereocenters. The summed E-state index contributed by atoms with van der Waals surface area (Å²) in [5.41, 5.74) is 0.129. The third-order valence-electron chi connectivity index (χ3n) is 5.70. The molecule has 2 bridgehead atoms. The van der Waals surface area contributed by atoms with E-state index in [1.54, 1.807) is 13.0 Å². The molecule has 0 aromatic heterocycles. The van der Waals surface area contributed by atoms with Crippen LogP contribution in [0.1, 0.15) is 18.9 Å². The third kappa shape index (κ3) is 2.53. The SMILES string of the molecule is CCOC(=O)/C(C#N)=C(\O)c1ccc(N2C(=O)[C@@H]3[C@@H](C2=O)[C@H]2C=C[C@H]3C2)cc1. The number of fused-ring (bicyclic) bond motifs is 5. The first-order valence-corrected chi connectivity index (χ1v) is 9.15. The van der Waals surface area contributed by atoms with Crippen LogP contribution in [0.2, 0.25) is 0 Å². The van der Waals surface area contributed by atoms with Crippen LogP contribution in [-0.4, -0.2) is 29.5 Å². The number of aliphatic hydroxyl groups is 1. The fraction of sp³-hybridized carbons (Fsp3) is 0.333. The van der Waals surface area contributed by atoms with Crippen LogP contribution in [0, 0.1) is 35.0 Å². The van der Waals surface area contributed by atoms with Crippen molar-refractivity contribution in [3.63, 3.8) is 0 Å². The lowest BCUT2D eigenvalue weighted by molar-refractivity contribution is -0.138. The molecular weight excluding hydrogens is 360 g/mol. The summed E-state index contributed by atoms with van der Waals surface area (Å²) >= 11 is 0. The Labute approximate surface area is 161 Å². The Bertz CT molecular complexity index is 940. The van der Waals surface area contributed by atoms with Crippen LogP contribution in [0.3, 0.4) is 0 Å². The first-order chi connectivity index (χ1) is 13.5. The zero-order valence-corrected chi connectivity index (χ0v) is 15.2. The zero-order valence-electron chi connectivity index (χ0n) is 15.2. The number of anilines is 1. The van der Waals surface area contributed by atoms with Crippen molar-refractivity contribution in [1.82, 2.24) is 0 Å². The lowest BCUT2D eigenvalue weighted by Gasteiger charge is -2.17. The number of aliphatic hydroxyl groups excluding tert-OH is 1. The molecule has 2 fully saturated rings. The molecule has 1 saturated heterocycles. The van der Waals surface area contributed by atoms with E-state index >= 15 is 0 Å². The molecule has 7 heteroatoms. The Morgan fingerprint density at radius 1 is 1.18 bits per heavy atom. The van der Waals surface area contributed by atoms with Crippen LogP contribution in [0.4, 0.5) is 5.69 Å². The Balaban J connectivity index is 1.61. The quantitative estimate of drug-likeness (QED) is 0.215. The molecule has 1 aliphatic heterocycles. The van der Waals surface area contributed by atoms with E-state index in [9.17, 15) is 19.5 Å². The van der Waals surface area contributed by atoms with Crippen molar-refractivity contribution >= 4 is 29.2 Å². The molecule has 142 valence electrons. The van der Waals surface area contributed by atoms with Gasteiger partial charge in [-0.2, -0.15) is 5.26 Å². The van der Waals surface area contributed by atoms with E-state index in [0.717, 1.165) is 6.42 Å². The predicted octanol–water partition coefficient (Wildman–Crippen LogP) is 2.35. The van der Waals surface area contributed by atoms with Crippen LogP contribution < -0.4 is 4.90 Å². The van der Waals surface area contributed by atoms with Crippen molar-refractivity contribution in [1.29, 1.82) is 5.26 Å². The maximum absolute atomic E-state index is 12.8. The molecule has 7 nitrogen and oxygen atoms in total. The number of ether oxygens (including phenoxy) is 1. The Morgan fingerprint density at radius 3 is 2.25 bits per heavy atom. The largest absolute Gasteiger partial charge is 0.506 e. The summed E-state index contributed by atoms with van der Waals surface area (Å²) in [5, 5.41) is 19.4. The van der Waals surface area contributed by atoms with Gasteiger partial charge in [0.2, 0.25) is 11.8 Å². The summed E-state index contributed by atoms with van der Waals surface area (Å²) in [7, 11) is 0. The van der Waals surface area contributed by atoms with Crippen molar-refractivity contribution in [2.45, 2.75) is 13.3 Å². The van der Waals surface area contributed by atoms with Gasteiger partial charge in [-0.25, -0.2) is 4.79 Å². The maximum Gasteiger partial charge on any atom is 0.352 e. The lowest BCUT2D eigenvalue weighted by atomic mass is 9.85. The van der Waals surface area contributed by atoms with E-state index in [2.05, 4.69) is 0 Å². The number of carbonyl (C=O) groups is 3. The van der Waals surface area contributed by atoms with Gasteiger partial charge in [-0.05, 0) is 49.4 Å².